The lowest BCUT2D eigenvalue weighted by Gasteiger charge is -2.36. The second-order valence-electron chi connectivity index (χ2n) is 5.65. The van der Waals surface area contributed by atoms with Gasteiger partial charge in [0.05, 0.1) is 12.8 Å². The summed E-state index contributed by atoms with van der Waals surface area (Å²) in [6, 6.07) is 3.56. The Morgan fingerprint density at radius 2 is 2.04 bits per heavy atom. The topological polar surface area (TPSA) is 68.2 Å². The van der Waals surface area contributed by atoms with Gasteiger partial charge in [0.15, 0.2) is 17.4 Å². The van der Waals surface area contributed by atoms with Crippen molar-refractivity contribution in [2.75, 3.05) is 25.5 Å². The van der Waals surface area contributed by atoms with Crippen molar-refractivity contribution < 1.29 is 18.3 Å². The second kappa shape index (κ2) is 7.79. The van der Waals surface area contributed by atoms with Crippen molar-refractivity contribution in [1.82, 2.24) is 15.1 Å². The number of nitrogens with zero attached hydrogens (tertiary/aromatic N) is 2. The molecule has 0 bridgehead atoms. The van der Waals surface area contributed by atoms with Crippen LogP contribution in [0.1, 0.15) is 12.8 Å². The molecule has 0 unspecified atom stereocenters. The number of ether oxygens (including phenoxy) is 1. The smallest absolute Gasteiger partial charge is 0.252 e. The van der Waals surface area contributed by atoms with Crippen LogP contribution in [-0.4, -0.2) is 35.9 Å². The number of amides is 1. The van der Waals surface area contributed by atoms with E-state index in [1.165, 1.54) is 7.11 Å². The van der Waals surface area contributed by atoms with Gasteiger partial charge in [0, 0.05) is 24.5 Å². The van der Waals surface area contributed by atoms with E-state index in [1.807, 2.05) is 0 Å². The number of halogens is 3. The molecule has 1 amide bonds. The van der Waals surface area contributed by atoms with Gasteiger partial charge in [-0.05, 0) is 32.0 Å². The zero-order chi connectivity index (χ0) is 17.2. The summed E-state index contributed by atoms with van der Waals surface area (Å²) in [4.78, 5) is 12.9. The molecule has 0 aliphatic carbocycles. The summed E-state index contributed by atoms with van der Waals surface area (Å²) < 4.78 is 34.3. The number of carbonyl (C=O) groups excluding carboxylic acids is 1. The molecule has 2 N–H and O–H groups in total. The van der Waals surface area contributed by atoms with Gasteiger partial charge >= 0.3 is 0 Å². The summed E-state index contributed by atoms with van der Waals surface area (Å²) in [5, 5.41) is 9.87. The van der Waals surface area contributed by atoms with E-state index in [1.54, 1.807) is 23.1 Å². The van der Waals surface area contributed by atoms with Gasteiger partial charge in [-0.2, -0.15) is 5.10 Å². The van der Waals surface area contributed by atoms with Gasteiger partial charge in [-0.25, -0.2) is 8.78 Å². The summed E-state index contributed by atoms with van der Waals surface area (Å²) in [6.45, 7) is 1.26. The first kappa shape index (κ1) is 19.1. The molecule has 25 heavy (non-hydrogen) atoms. The van der Waals surface area contributed by atoms with E-state index in [0.717, 1.165) is 12.1 Å². The summed E-state index contributed by atoms with van der Waals surface area (Å²) in [5.41, 5.74) is -1.15. The van der Waals surface area contributed by atoms with Gasteiger partial charge in [0.1, 0.15) is 5.54 Å². The Bertz CT molecular complexity index is 734. The van der Waals surface area contributed by atoms with E-state index in [-0.39, 0.29) is 23.8 Å². The molecular formula is C16H19ClF2N4O2. The molecule has 2 heterocycles. The third-order valence-corrected chi connectivity index (χ3v) is 4.29. The van der Waals surface area contributed by atoms with Crippen molar-refractivity contribution in [2.24, 2.45) is 0 Å². The molecule has 0 atom stereocenters. The fraction of sp³-hybridized carbons (Fsp3) is 0.375. The van der Waals surface area contributed by atoms with E-state index >= 15 is 0 Å². The van der Waals surface area contributed by atoms with Crippen molar-refractivity contribution in [3.05, 3.63) is 42.2 Å². The predicted octanol–water partition coefficient (Wildman–Crippen LogP) is 2.31. The summed E-state index contributed by atoms with van der Waals surface area (Å²) >= 11 is 0. The lowest BCUT2D eigenvalue weighted by atomic mass is 9.87. The first-order valence-electron chi connectivity index (χ1n) is 7.62. The summed E-state index contributed by atoms with van der Waals surface area (Å²) in [5.74, 6) is -2.14. The molecular weight excluding hydrogens is 354 g/mol. The first-order chi connectivity index (χ1) is 11.6. The van der Waals surface area contributed by atoms with Crippen LogP contribution in [0.4, 0.5) is 14.5 Å². The molecule has 2 aromatic rings. The Labute approximate surface area is 150 Å². The van der Waals surface area contributed by atoms with E-state index in [9.17, 15) is 13.6 Å². The average molecular weight is 373 g/mol. The number of nitrogens with one attached hydrogen (secondary N) is 2. The van der Waals surface area contributed by atoms with Crippen molar-refractivity contribution in [1.29, 1.82) is 0 Å². The van der Waals surface area contributed by atoms with Crippen molar-refractivity contribution in [3.8, 4) is 5.75 Å². The largest absolute Gasteiger partial charge is 0.494 e. The number of hydrogen-bond donors (Lipinski definition) is 2. The van der Waals surface area contributed by atoms with Crippen LogP contribution in [0.2, 0.25) is 0 Å². The maximum atomic E-state index is 14.1. The second-order valence-corrected chi connectivity index (χ2v) is 5.65. The zero-order valence-corrected chi connectivity index (χ0v) is 14.4. The quantitative estimate of drug-likeness (QED) is 0.864. The average Bonchev–Trinajstić information content (AvgIpc) is 3.13. The summed E-state index contributed by atoms with van der Waals surface area (Å²) in [6.07, 6.45) is 4.29. The van der Waals surface area contributed by atoms with Crippen LogP contribution in [0.5, 0.6) is 5.75 Å². The Hall–Kier alpha value is -2.19. The van der Waals surface area contributed by atoms with Crippen LogP contribution in [0.15, 0.2) is 30.6 Å². The standard InChI is InChI=1S/C16H18F2N4O2.ClH/c1-24-14-10-11(17)13(9-12(14)18)21-15(23)16(3-6-19-7-4-16)22-8-2-5-20-22;/h2,5,8-10,19H,3-4,6-7H2,1H3,(H,21,23);1H. The molecule has 136 valence electrons. The molecule has 0 saturated carbocycles. The van der Waals surface area contributed by atoms with Gasteiger partial charge in [-0.15, -0.1) is 12.4 Å². The highest BCUT2D eigenvalue weighted by Crippen LogP contribution is 2.30. The number of carbonyl (C=O) groups is 1. The number of rotatable bonds is 4. The molecule has 1 aromatic carbocycles. The van der Waals surface area contributed by atoms with Crippen LogP contribution < -0.4 is 15.4 Å². The number of benzene rings is 1. The highest BCUT2D eigenvalue weighted by Gasteiger charge is 2.42. The van der Waals surface area contributed by atoms with Gasteiger partial charge in [0.25, 0.3) is 5.91 Å². The third kappa shape index (κ3) is 3.59. The van der Waals surface area contributed by atoms with Crippen molar-refractivity contribution in [2.45, 2.75) is 18.4 Å². The molecule has 1 fully saturated rings. The molecule has 0 spiro atoms. The lowest BCUT2D eigenvalue weighted by molar-refractivity contribution is -0.126. The van der Waals surface area contributed by atoms with E-state index in [4.69, 9.17) is 4.74 Å². The van der Waals surface area contributed by atoms with Crippen LogP contribution in [0.3, 0.4) is 0 Å². The molecule has 1 aliphatic rings. The highest BCUT2D eigenvalue weighted by molar-refractivity contribution is 5.97. The maximum Gasteiger partial charge on any atom is 0.252 e. The van der Waals surface area contributed by atoms with Gasteiger partial charge in [-0.1, -0.05) is 0 Å². The number of methoxy groups -OCH3 is 1. The van der Waals surface area contributed by atoms with E-state index < -0.39 is 23.1 Å². The monoisotopic (exact) mass is 372 g/mol. The number of piperidine rings is 1. The normalized spacial score (nSPS) is 16.0. The van der Waals surface area contributed by atoms with E-state index in [0.29, 0.717) is 25.9 Å². The van der Waals surface area contributed by atoms with Crippen LogP contribution >= 0.6 is 12.4 Å². The highest BCUT2D eigenvalue weighted by atomic mass is 35.5. The van der Waals surface area contributed by atoms with E-state index in [2.05, 4.69) is 15.7 Å². The Kier molecular flexibility index (Phi) is 5.97. The number of aromatic nitrogens is 2. The Balaban J connectivity index is 0.00000225. The van der Waals surface area contributed by atoms with Crippen LogP contribution in [0.25, 0.3) is 0 Å². The number of anilines is 1. The minimum atomic E-state index is -0.933. The molecule has 3 rings (SSSR count). The van der Waals surface area contributed by atoms with Crippen molar-refractivity contribution in [3.63, 3.8) is 0 Å². The SMILES string of the molecule is COc1cc(F)c(NC(=O)C2(n3cccn3)CCNCC2)cc1F.Cl. The molecule has 0 radical (unpaired) electrons. The minimum Gasteiger partial charge on any atom is -0.494 e. The lowest BCUT2D eigenvalue weighted by Crippen LogP contribution is -2.52. The molecule has 6 nitrogen and oxygen atoms in total. The van der Waals surface area contributed by atoms with Gasteiger partial charge in [0.2, 0.25) is 0 Å². The Morgan fingerprint density at radius 1 is 1.32 bits per heavy atom. The number of hydrogen-bond acceptors (Lipinski definition) is 4. The van der Waals surface area contributed by atoms with Crippen molar-refractivity contribution >= 4 is 24.0 Å². The van der Waals surface area contributed by atoms with Crippen LogP contribution in [0, 0.1) is 11.6 Å². The Morgan fingerprint density at radius 3 is 2.64 bits per heavy atom. The molecule has 1 aliphatic heterocycles. The summed E-state index contributed by atoms with van der Waals surface area (Å²) in [7, 11) is 1.25. The zero-order valence-electron chi connectivity index (χ0n) is 13.6. The fourth-order valence-electron chi connectivity index (χ4n) is 2.94. The predicted molar refractivity (Wildman–Crippen MR) is 91.1 cm³/mol. The minimum absolute atomic E-state index is 0. The molecule has 1 saturated heterocycles. The fourth-order valence-corrected chi connectivity index (χ4v) is 2.94. The maximum absolute atomic E-state index is 14.1. The molecule has 9 heteroatoms. The van der Waals surface area contributed by atoms with Gasteiger partial charge in [-0.3, -0.25) is 9.48 Å². The molecule has 1 aromatic heterocycles. The van der Waals surface area contributed by atoms with Gasteiger partial charge < -0.3 is 15.4 Å². The van der Waals surface area contributed by atoms with Crippen LogP contribution in [-0.2, 0) is 10.3 Å². The first-order valence-corrected chi connectivity index (χ1v) is 7.62. The third-order valence-electron chi connectivity index (χ3n) is 4.29.